The van der Waals surface area contributed by atoms with Gasteiger partial charge in [0.2, 0.25) is 5.91 Å². The second-order valence-electron chi connectivity index (χ2n) is 9.98. The zero-order valence-electron chi connectivity index (χ0n) is 19.9. The van der Waals surface area contributed by atoms with E-state index in [0.717, 1.165) is 37.8 Å². The minimum Gasteiger partial charge on any atom is -0.359 e. The Labute approximate surface area is 197 Å². The first-order chi connectivity index (χ1) is 16.2. The van der Waals surface area contributed by atoms with Crippen LogP contribution in [0.5, 0.6) is 0 Å². The number of amides is 1. The summed E-state index contributed by atoms with van der Waals surface area (Å²) in [7, 11) is 1.64. The number of nitrogens with one attached hydrogen (secondary N) is 1. The summed E-state index contributed by atoms with van der Waals surface area (Å²) in [5.41, 5.74) is 5.40. The summed E-state index contributed by atoms with van der Waals surface area (Å²) in [4.78, 5) is 25.6. The Kier molecular flexibility index (Phi) is 6.91. The second-order valence-corrected chi connectivity index (χ2v) is 9.98. The molecule has 3 aliphatic rings. The van der Waals surface area contributed by atoms with E-state index in [2.05, 4.69) is 43.3 Å². The first-order valence-electron chi connectivity index (χ1n) is 12.8. The number of nitrogens with zero attached hydrogens (tertiary/aromatic N) is 4. The number of aromatic nitrogens is 2. The molecule has 1 N–H and O–H groups in total. The van der Waals surface area contributed by atoms with Gasteiger partial charge in [0.05, 0.1) is 24.5 Å². The highest BCUT2D eigenvalue weighted by molar-refractivity contribution is 5.77. The maximum absolute atomic E-state index is 11.5. The zero-order chi connectivity index (χ0) is 22.6. The third-order valence-corrected chi connectivity index (χ3v) is 8.01. The van der Waals surface area contributed by atoms with Crippen molar-refractivity contribution in [3.8, 4) is 0 Å². The molecule has 0 radical (unpaired) electrons. The minimum atomic E-state index is -0.0372. The van der Waals surface area contributed by atoms with Gasteiger partial charge in [0.1, 0.15) is 5.82 Å². The molecule has 1 aliphatic carbocycles. The Bertz CT molecular complexity index is 945. The topological polar surface area (TPSA) is 61.4 Å². The van der Waals surface area contributed by atoms with Gasteiger partial charge < -0.3 is 10.2 Å². The van der Waals surface area contributed by atoms with E-state index in [1.54, 1.807) is 24.4 Å². The van der Waals surface area contributed by atoms with Gasteiger partial charge in [-0.15, -0.1) is 0 Å². The molecule has 1 aromatic carbocycles. The lowest BCUT2D eigenvalue weighted by molar-refractivity contribution is -0.120. The largest absolute Gasteiger partial charge is 0.359 e. The molecule has 1 saturated heterocycles. The van der Waals surface area contributed by atoms with E-state index in [0.29, 0.717) is 11.6 Å². The van der Waals surface area contributed by atoms with Gasteiger partial charge in [-0.2, -0.15) is 0 Å². The van der Waals surface area contributed by atoms with E-state index < -0.39 is 0 Å². The fourth-order valence-corrected chi connectivity index (χ4v) is 5.95. The van der Waals surface area contributed by atoms with E-state index in [1.165, 1.54) is 57.2 Å². The summed E-state index contributed by atoms with van der Waals surface area (Å²) < 4.78 is 0. The van der Waals surface area contributed by atoms with E-state index in [4.69, 9.17) is 0 Å². The van der Waals surface area contributed by atoms with Gasteiger partial charge in [0, 0.05) is 39.3 Å². The zero-order valence-corrected chi connectivity index (χ0v) is 19.9. The standard InChI is InChI=1S/C27H37N5O/c1-28-27(33)17-24-18-30-26(19-29-24)32-14-9-21(10-15-32)22-7-6-20-8-12-31(13-11-23(20)16-22)25-4-2-3-5-25/h6-7,16,18-19,21,25H,2-5,8-15,17H2,1H3,(H,28,33). The van der Waals surface area contributed by atoms with Crippen molar-refractivity contribution < 1.29 is 4.79 Å². The van der Waals surface area contributed by atoms with Crippen LogP contribution < -0.4 is 10.2 Å². The van der Waals surface area contributed by atoms with Crippen LogP contribution in [0, 0.1) is 0 Å². The minimum absolute atomic E-state index is 0.0372. The lowest BCUT2D eigenvalue weighted by Crippen LogP contribution is -2.35. The first kappa shape index (κ1) is 22.3. The van der Waals surface area contributed by atoms with Crippen LogP contribution in [0.4, 0.5) is 5.82 Å². The van der Waals surface area contributed by atoms with E-state index in [1.807, 2.05) is 6.20 Å². The molecule has 2 aromatic rings. The van der Waals surface area contributed by atoms with Crippen molar-refractivity contribution in [3.63, 3.8) is 0 Å². The van der Waals surface area contributed by atoms with Crippen LogP contribution in [0.15, 0.2) is 30.6 Å². The first-order valence-corrected chi connectivity index (χ1v) is 12.8. The summed E-state index contributed by atoms with van der Waals surface area (Å²) in [5.74, 6) is 1.51. The van der Waals surface area contributed by atoms with Crippen LogP contribution >= 0.6 is 0 Å². The highest BCUT2D eigenvalue weighted by atomic mass is 16.1. The molecule has 2 fully saturated rings. The number of carbonyl (C=O) groups is 1. The molecule has 6 nitrogen and oxygen atoms in total. The molecule has 1 amide bonds. The summed E-state index contributed by atoms with van der Waals surface area (Å²) in [5, 5.41) is 2.63. The lowest BCUT2D eigenvalue weighted by atomic mass is 9.87. The van der Waals surface area contributed by atoms with Gasteiger partial charge in [0.15, 0.2) is 0 Å². The van der Waals surface area contributed by atoms with Gasteiger partial charge in [-0.25, -0.2) is 4.98 Å². The molecular weight excluding hydrogens is 410 g/mol. The average molecular weight is 448 g/mol. The number of carbonyl (C=O) groups excluding carboxylic acids is 1. The predicted molar refractivity (Wildman–Crippen MR) is 132 cm³/mol. The third-order valence-electron chi connectivity index (χ3n) is 8.01. The van der Waals surface area contributed by atoms with Crippen molar-refractivity contribution in [2.24, 2.45) is 0 Å². The molecule has 0 atom stereocenters. The van der Waals surface area contributed by atoms with Crippen molar-refractivity contribution >= 4 is 11.7 Å². The van der Waals surface area contributed by atoms with Crippen LogP contribution in [0.1, 0.15) is 66.8 Å². The normalized spacial score (nSPS) is 20.5. The molecule has 1 saturated carbocycles. The molecule has 33 heavy (non-hydrogen) atoms. The maximum Gasteiger partial charge on any atom is 0.225 e. The van der Waals surface area contributed by atoms with Crippen LogP contribution in [0.3, 0.4) is 0 Å². The van der Waals surface area contributed by atoms with Crippen molar-refractivity contribution in [2.45, 2.75) is 69.7 Å². The molecule has 2 aliphatic heterocycles. The van der Waals surface area contributed by atoms with Crippen molar-refractivity contribution in [1.29, 1.82) is 0 Å². The Morgan fingerprint density at radius 2 is 1.73 bits per heavy atom. The van der Waals surface area contributed by atoms with Gasteiger partial charge >= 0.3 is 0 Å². The molecule has 6 heteroatoms. The van der Waals surface area contributed by atoms with Crippen molar-refractivity contribution in [1.82, 2.24) is 20.2 Å². The number of anilines is 1. The van der Waals surface area contributed by atoms with Gasteiger partial charge in [-0.3, -0.25) is 14.7 Å². The molecule has 5 rings (SSSR count). The molecule has 0 spiro atoms. The van der Waals surface area contributed by atoms with E-state index in [9.17, 15) is 4.79 Å². The van der Waals surface area contributed by atoms with Crippen molar-refractivity contribution in [2.75, 3.05) is 38.1 Å². The third kappa shape index (κ3) is 5.21. The number of rotatable bonds is 5. The van der Waals surface area contributed by atoms with E-state index in [-0.39, 0.29) is 12.3 Å². The van der Waals surface area contributed by atoms with Crippen LogP contribution in [0.25, 0.3) is 0 Å². The smallest absolute Gasteiger partial charge is 0.225 e. The van der Waals surface area contributed by atoms with Crippen LogP contribution in [0.2, 0.25) is 0 Å². The monoisotopic (exact) mass is 447 g/mol. The number of likely N-dealkylation sites (N-methyl/N-ethyl adjacent to an activating group) is 1. The summed E-state index contributed by atoms with van der Waals surface area (Å²) in [6.07, 6.45) is 14.2. The quantitative estimate of drug-likeness (QED) is 0.760. The van der Waals surface area contributed by atoms with Crippen molar-refractivity contribution in [3.05, 3.63) is 53.0 Å². The van der Waals surface area contributed by atoms with E-state index >= 15 is 0 Å². The predicted octanol–water partition coefficient (Wildman–Crippen LogP) is 3.49. The Hall–Kier alpha value is -2.47. The highest BCUT2D eigenvalue weighted by Crippen LogP contribution is 2.32. The SMILES string of the molecule is CNC(=O)Cc1cnc(N2CCC(c3ccc4c(c3)CCN(C3CCCC3)CC4)CC2)cn1. The number of benzene rings is 1. The molecule has 0 unspecified atom stereocenters. The number of hydrogen-bond donors (Lipinski definition) is 1. The molecule has 3 heterocycles. The molecule has 176 valence electrons. The Balaban J connectivity index is 1.18. The number of fused-ring (bicyclic) bond motifs is 1. The van der Waals surface area contributed by atoms with Crippen LogP contribution in [-0.2, 0) is 24.1 Å². The summed E-state index contributed by atoms with van der Waals surface area (Å²) in [6.45, 7) is 4.47. The fourth-order valence-electron chi connectivity index (χ4n) is 5.95. The summed E-state index contributed by atoms with van der Waals surface area (Å²) in [6, 6.07) is 8.19. The number of piperidine rings is 1. The average Bonchev–Trinajstić information content (AvgIpc) is 3.31. The summed E-state index contributed by atoms with van der Waals surface area (Å²) >= 11 is 0. The van der Waals surface area contributed by atoms with Gasteiger partial charge in [-0.1, -0.05) is 31.0 Å². The Morgan fingerprint density at radius 1 is 0.970 bits per heavy atom. The fraction of sp³-hybridized carbons (Fsp3) is 0.593. The Morgan fingerprint density at radius 3 is 2.42 bits per heavy atom. The van der Waals surface area contributed by atoms with Gasteiger partial charge in [0.25, 0.3) is 0 Å². The highest BCUT2D eigenvalue weighted by Gasteiger charge is 2.26. The van der Waals surface area contributed by atoms with Crippen LogP contribution in [-0.4, -0.2) is 60.0 Å². The molecular formula is C27H37N5O. The number of hydrogen-bond acceptors (Lipinski definition) is 5. The lowest BCUT2D eigenvalue weighted by Gasteiger charge is -2.33. The molecule has 1 aromatic heterocycles. The van der Waals surface area contributed by atoms with Gasteiger partial charge in [-0.05, 0) is 61.1 Å². The maximum atomic E-state index is 11.5. The molecule has 0 bridgehead atoms. The second kappa shape index (κ2) is 10.2.